The summed E-state index contributed by atoms with van der Waals surface area (Å²) in [7, 11) is 0. The van der Waals surface area contributed by atoms with Crippen LogP contribution in [0.4, 0.5) is 4.39 Å². The summed E-state index contributed by atoms with van der Waals surface area (Å²) in [5.41, 5.74) is 0.318. The van der Waals surface area contributed by atoms with Crippen LogP contribution in [0.15, 0.2) is 12.3 Å². The molecule has 2 heterocycles. The molecule has 2 atom stereocenters. The molecular weight excluding hydrogens is 249 g/mol. The lowest BCUT2D eigenvalue weighted by Crippen LogP contribution is -2.25. The highest BCUT2D eigenvalue weighted by atomic mass is 35.5. The average Bonchev–Trinajstić information content (AvgIpc) is 2.62. The topological polar surface area (TPSA) is 51.6 Å². The van der Waals surface area contributed by atoms with E-state index in [1.54, 1.807) is 13.8 Å². The predicted octanol–water partition coefficient (Wildman–Crippen LogP) is 2.06. The number of aliphatic hydroxyl groups is 1. The molecule has 17 heavy (non-hydrogen) atoms. The monoisotopic (exact) mass is 261 g/mol. The summed E-state index contributed by atoms with van der Waals surface area (Å²) in [6.07, 6.45) is -0.200. The zero-order valence-corrected chi connectivity index (χ0v) is 10.2. The van der Waals surface area contributed by atoms with E-state index in [-0.39, 0.29) is 11.8 Å². The summed E-state index contributed by atoms with van der Waals surface area (Å²) in [6.45, 7) is 3.75. The highest BCUT2D eigenvalue weighted by Gasteiger charge is 2.37. The Hall–Kier alpha value is -0.750. The first-order chi connectivity index (χ1) is 7.89. The molecule has 1 aromatic heterocycles. The van der Waals surface area contributed by atoms with Crippen molar-refractivity contribution >= 4 is 11.6 Å². The molecule has 94 valence electrons. The van der Waals surface area contributed by atoms with Gasteiger partial charge in [-0.05, 0) is 19.9 Å². The van der Waals surface area contributed by atoms with E-state index in [4.69, 9.17) is 21.1 Å². The van der Waals surface area contributed by atoms with Crippen LogP contribution in [0.5, 0.6) is 0 Å². The lowest BCUT2D eigenvalue weighted by molar-refractivity contribution is -0.151. The highest BCUT2D eigenvalue weighted by Crippen LogP contribution is 2.31. The molecule has 4 nitrogen and oxygen atoms in total. The minimum atomic E-state index is -0.990. The number of aromatic nitrogens is 1. The summed E-state index contributed by atoms with van der Waals surface area (Å²) in [5.74, 6) is -1.40. The van der Waals surface area contributed by atoms with Crippen LogP contribution in [0.2, 0.25) is 5.15 Å². The number of ether oxygens (including phenoxy) is 2. The quantitative estimate of drug-likeness (QED) is 0.828. The van der Waals surface area contributed by atoms with E-state index in [1.807, 2.05) is 0 Å². The molecule has 1 unspecified atom stereocenters. The van der Waals surface area contributed by atoms with Crippen molar-refractivity contribution in [3.05, 3.63) is 28.8 Å². The summed E-state index contributed by atoms with van der Waals surface area (Å²) >= 11 is 5.47. The van der Waals surface area contributed by atoms with E-state index in [2.05, 4.69) is 4.98 Å². The molecule has 0 aliphatic carbocycles. The number of rotatable bonds is 2. The summed E-state index contributed by atoms with van der Waals surface area (Å²) in [5, 5.41) is 9.80. The molecule has 1 aromatic rings. The van der Waals surface area contributed by atoms with E-state index in [0.717, 1.165) is 6.07 Å². The first kappa shape index (κ1) is 12.7. The van der Waals surface area contributed by atoms with Gasteiger partial charge in [-0.1, -0.05) is 11.6 Å². The van der Waals surface area contributed by atoms with Gasteiger partial charge in [0.2, 0.25) is 0 Å². The Balaban J connectivity index is 2.15. The summed E-state index contributed by atoms with van der Waals surface area (Å²) in [4.78, 5) is 3.64. The van der Waals surface area contributed by atoms with Crippen LogP contribution in [0.1, 0.15) is 25.5 Å². The van der Waals surface area contributed by atoms with Gasteiger partial charge in [0.25, 0.3) is 0 Å². The largest absolute Gasteiger partial charge is 0.386 e. The van der Waals surface area contributed by atoms with Crippen molar-refractivity contribution in [3.63, 3.8) is 0 Å². The SMILES string of the molecule is CC1(C)OC[C@@H](C(O)c2cnc(Cl)c(F)c2)O1. The standard InChI is InChI=1S/C11H13ClFNO3/c1-11(2)16-5-8(17-11)9(15)6-3-7(13)10(12)14-4-6/h3-4,8-9,15H,5H2,1-2H3/t8-,9?/m0/s1. The van der Waals surface area contributed by atoms with Crippen molar-refractivity contribution in [1.82, 2.24) is 4.98 Å². The Labute approximate surface area is 103 Å². The Morgan fingerprint density at radius 3 is 2.88 bits per heavy atom. The fourth-order valence-electron chi connectivity index (χ4n) is 1.68. The van der Waals surface area contributed by atoms with Gasteiger partial charge in [-0.3, -0.25) is 0 Å². The minimum absolute atomic E-state index is 0.218. The number of halogens is 2. The number of pyridine rings is 1. The van der Waals surface area contributed by atoms with Crippen LogP contribution in [0, 0.1) is 5.82 Å². The van der Waals surface area contributed by atoms with Gasteiger partial charge in [0, 0.05) is 11.8 Å². The van der Waals surface area contributed by atoms with Gasteiger partial charge in [-0.25, -0.2) is 9.37 Å². The van der Waals surface area contributed by atoms with Crippen molar-refractivity contribution in [2.75, 3.05) is 6.61 Å². The van der Waals surface area contributed by atoms with Crippen LogP contribution in [-0.2, 0) is 9.47 Å². The molecule has 1 N–H and O–H groups in total. The van der Waals surface area contributed by atoms with Crippen molar-refractivity contribution in [1.29, 1.82) is 0 Å². The van der Waals surface area contributed by atoms with Gasteiger partial charge < -0.3 is 14.6 Å². The Bertz CT molecular complexity index is 427. The molecular formula is C11H13ClFNO3. The number of hydrogen-bond acceptors (Lipinski definition) is 4. The maximum Gasteiger partial charge on any atom is 0.164 e. The van der Waals surface area contributed by atoms with E-state index in [9.17, 15) is 9.50 Å². The Morgan fingerprint density at radius 1 is 1.65 bits per heavy atom. The zero-order chi connectivity index (χ0) is 12.6. The van der Waals surface area contributed by atoms with Gasteiger partial charge in [0.1, 0.15) is 12.2 Å². The minimum Gasteiger partial charge on any atom is -0.386 e. The molecule has 1 saturated heterocycles. The third-order valence-electron chi connectivity index (χ3n) is 2.54. The van der Waals surface area contributed by atoms with Gasteiger partial charge in [0.15, 0.2) is 16.8 Å². The number of nitrogens with zero attached hydrogens (tertiary/aromatic N) is 1. The van der Waals surface area contributed by atoms with E-state index in [0.29, 0.717) is 5.56 Å². The normalized spacial score (nSPS) is 24.9. The van der Waals surface area contributed by atoms with Gasteiger partial charge in [0.05, 0.1) is 6.61 Å². The Morgan fingerprint density at radius 2 is 2.35 bits per heavy atom. The van der Waals surface area contributed by atoms with E-state index >= 15 is 0 Å². The number of aliphatic hydroxyl groups excluding tert-OH is 1. The second-order valence-electron chi connectivity index (χ2n) is 4.35. The predicted molar refractivity (Wildman–Crippen MR) is 59.1 cm³/mol. The van der Waals surface area contributed by atoms with Crippen LogP contribution >= 0.6 is 11.6 Å². The fraction of sp³-hybridized carbons (Fsp3) is 0.545. The highest BCUT2D eigenvalue weighted by molar-refractivity contribution is 6.29. The molecule has 6 heteroatoms. The van der Waals surface area contributed by atoms with Gasteiger partial charge in [-0.15, -0.1) is 0 Å². The summed E-state index contributed by atoms with van der Waals surface area (Å²) in [6, 6.07) is 1.15. The van der Waals surface area contributed by atoms with Crippen LogP contribution in [0.25, 0.3) is 0 Å². The van der Waals surface area contributed by atoms with Crippen molar-refractivity contribution in [2.24, 2.45) is 0 Å². The summed E-state index contributed by atoms with van der Waals surface area (Å²) < 4.78 is 24.0. The van der Waals surface area contributed by atoms with Crippen LogP contribution in [-0.4, -0.2) is 28.6 Å². The molecule has 0 amide bonds. The second kappa shape index (κ2) is 4.49. The van der Waals surface area contributed by atoms with E-state index in [1.165, 1.54) is 6.20 Å². The third-order valence-corrected chi connectivity index (χ3v) is 2.82. The molecule has 0 saturated carbocycles. The number of hydrogen-bond donors (Lipinski definition) is 1. The molecule has 0 aromatic carbocycles. The molecule has 1 aliphatic rings. The molecule has 0 bridgehead atoms. The second-order valence-corrected chi connectivity index (χ2v) is 4.71. The van der Waals surface area contributed by atoms with Gasteiger partial charge in [-0.2, -0.15) is 0 Å². The first-order valence-electron chi connectivity index (χ1n) is 5.20. The van der Waals surface area contributed by atoms with Crippen molar-refractivity contribution < 1.29 is 19.0 Å². The van der Waals surface area contributed by atoms with Crippen molar-refractivity contribution in [2.45, 2.75) is 31.8 Å². The first-order valence-corrected chi connectivity index (χ1v) is 5.57. The molecule has 0 spiro atoms. The Kier molecular flexibility index (Phi) is 3.36. The maximum absolute atomic E-state index is 13.2. The van der Waals surface area contributed by atoms with Gasteiger partial charge >= 0.3 is 0 Å². The van der Waals surface area contributed by atoms with Crippen LogP contribution in [0.3, 0.4) is 0 Å². The van der Waals surface area contributed by atoms with Crippen molar-refractivity contribution in [3.8, 4) is 0 Å². The van der Waals surface area contributed by atoms with E-state index < -0.39 is 23.8 Å². The lowest BCUT2D eigenvalue weighted by atomic mass is 10.1. The molecule has 0 radical (unpaired) electrons. The molecule has 2 rings (SSSR count). The fourth-order valence-corrected chi connectivity index (χ4v) is 1.79. The zero-order valence-electron chi connectivity index (χ0n) is 9.48. The third kappa shape index (κ3) is 2.74. The smallest absolute Gasteiger partial charge is 0.164 e. The average molecular weight is 262 g/mol. The molecule has 1 fully saturated rings. The molecule has 1 aliphatic heterocycles. The maximum atomic E-state index is 13.2. The van der Waals surface area contributed by atoms with Crippen LogP contribution < -0.4 is 0 Å². The lowest BCUT2D eigenvalue weighted by Gasteiger charge is -2.20.